The van der Waals surface area contributed by atoms with Crippen LogP contribution >= 0.6 is 24.0 Å². The van der Waals surface area contributed by atoms with E-state index >= 15 is 0 Å². The summed E-state index contributed by atoms with van der Waals surface area (Å²) in [6, 6.07) is 8.84. The highest BCUT2D eigenvalue weighted by Gasteiger charge is 2.34. The number of nitriles is 1. The molecule has 2 fully saturated rings. The smallest absolute Gasteiger partial charge is 0.270 e. The van der Waals surface area contributed by atoms with Crippen LogP contribution in [0.2, 0.25) is 0 Å². The summed E-state index contributed by atoms with van der Waals surface area (Å²) in [7, 11) is 0. The van der Waals surface area contributed by atoms with Gasteiger partial charge in [0.2, 0.25) is 0 Å². The van der Waals surface area contributed by atoms with Gasteiger partial charge in [0, 0.05) is 44.8 Å². The second-order valence-corrected chi connectivity index (χ2v) is 11.9. The first-order valence-electron chi connectivity index (χ1n) is 13.3. The van der Waals surface area contributed by atoms with Gasteiger partial charge in [0.25, 0.3) is 11.5 Å². The summed E-state index contributed by atoms with van der Waals surface area (Å²) in [5.41, 5.74) is 1.57. The average Bonchev–Trinajstić information content (AvgIpc) is 3.17. The van der Waals surface area contributed by atoms with E-state index in [0.29, 0.717) is 71.1 Å². The topological polar surface area (TPSA) is 72.6 Å². The molecule has 0 bridgehead atoms. The Labute approximate surface area is 238 Å². The zero-order valence-corrected chi connectivity index (χ0v) is 24.5. The zero-order chi connectivity index (χ0) is 28.3. The van der Waals surface area contributed by atoms with E-state index in [1.807, 2.05) is 24.8 Å². The summed E-state index contributed by atoms with van der Waals surface area (Å²) < 4.78 is 16.7. The van der Waals surface area contributed by atoms with Gasteiger partial charge in [-0.05, 0) is 43.0 Å². The summed E-state index contributed by atoms with van der Waals surface area (Å²) in [6.07, 6.45) is 3.45. The van der Waals surface area contributed by atoms with E-state index in [-0.39, 0.29) is 28.8 Å². The molecule has 0 atom stereocenters. The Morgan fingerprint density at radius 2 is 1.82 bits per heavy atom. The molecule has 1 amide bonds. The lowest BCUT2D eigenvalue weighted by Gasteiger charge is -2.39. The van der Waals surface area contributed by atoms with Crippen molar-refractivity contribution in [3.63, 3.8) is 0 Å². The number of benzene rings is 1. The van der Waals surface area contributed by atoms with E-state index in [1.165, 1.54) is 17.8 Å². The van der Waals surface area contributed by atoms with Crippen LogP contribution in [0.25, 0.3) is 6.08 Å². The molecule has 0 saturated carbocycles. The fourth-order valence-corrected chi connectivity index (χ4v) is 6.29. The van der Waals surface area contributed by atoms with E-state index in [9.17, 15) is 19.2 Å². The molecule has 0 spiro atoms. The van der Waals surface area contributed by atoms with Crippen LogP contribution in [-0.4, -0.2) is 52.4 Å². The third-order valence-electron chi connectivity index (χ3n) is 7.05. The number of piperazine rings is 1. The molecular weight excluding hydrogens is 533 g/mol. The van der Waals surface area contributed by atoms with Crippen molar-refractivity contribution >= 4 is 51.8 Å². The zero-order valence-electron chi connectivity index (χ0n) is 22.9. The number of unbranched alkanes of at least 4 members (excludes halogenated alkanes) is 1. The van der Waals surface area contributed by atoms with Crippen LogP contribution in [0.15, 0.2) is 34.0 Å². The maximum Gasteiger partial charge on any atom is 0.270 e. The Balaban J connectivity index is 1.80. The molecule has 2 aromatic rings. The van der Waals surface area contributed by atoms with Crippen molar-refractivity contribution in [2.45, 2.75) is 47.1 Å². The van der Waals surface area contributed by atoms with Gasteiger partial charge in [0.1, 0.15) is 27.6 Å². The Bertz CT molecular complexity index is 1400. The Hall–Kier alpha value is -3.16. The van der Waals surface area contributed by atoms with Crippen molar-refractivity contribution in [2.24, 2.45) is 5.92 Å². The van der Waals surface area contributed by atoms with Gasteiger partial charge in [-0.1, -0.05) is 63.3 Å². The van der Waals surface area contributed by atoms with Crippen molar-refractivity contribution < 1.29 is 9.18 Å². The van der Waals surface area contributed by atoms with Crippen LogP contribution in [0.5, 0.6) is 0 Å². The first kappa shape index (κ1) is 28.8. The van der Waals surface area contributed by atoms with E-state index in [2.05, 4.69) is 17.9 Å². The van der Waals surface area contributed by atoms with Crippen LogP contribution in [0.4, 0.5) is 15.9 Å². The van der Waals surface area contributed by atoms with Crippen LogP contribution in [-0.2, 0) is 11.3 Å². The van der Waals surface area contributed by atoms with Gasteiger partial charge < -0.3 is 9.80 Å². The number of para-hydroxylation sites is 1. The monoisotopic (exact) mass is 567 g/mol. The minimum absolute atomic E-state index is 0.0868. The third kappa shape index (κ3) is 5.89. The number of amides is 1. The Kier molecular flexibility index (Phi) is 9.13. The summed E-state index contributed by atoms with van der Waals surface area (Å²) in [5.74, 6) is 0.547. The molecule has 1 aromatic carbocycles. The maximum absolute atomic E-state index is 14.5. The van der Waals surface area contributed by atoms with Crippen molar-refractivity contribution in [2.75, 3.05) is 42.5 Å². The number of thioether (sulfide) groups is 1. The lowest BCUT2D eigenvalue weighted by Crippen LogP contribution is -2.49. The van der Waals surface area contributed by atoms with E-state index in [0.717, 1.165) is 12.8 Å². The molecule has 1 aromatic heterocycles. The van der Waals surface area contributed by atoms with Crippen molar-refractivity contribution in [3.05, 3.63) is 62.0 Å². The maximum atomic E-state index is 14.5. The second-order valence-electron chi connectivity index (χ2n) is 10.3. The predicted molar refractivity (Wildman–Crippen MR) is 161 cm³/mol. The molecule has 10 heteroatoms. The molecular formula is C29H34FN5O2S2. The summed E-state index contributed by atoms with van der Waals surface area (Å²) >= 11 is 6.77. The lowest BCUT2D eigenvalue weighted by molar-refractivity contribution is -0.122. The first-order chi connectivity index (χ1) is 18.7. The standard InChI is InChI=1S/C29H34FN5O2S2/c1-5-6-11-34-26(33-14-12-32(13-15-33)24-10-8-7-9-23(24)30)21(20(4)22(17-31)27(34)36)16-25-28(37)35(18-19(2)3)29(38)39-25/h7-10,16,19H,5-6,11-15,18H2,1-4H3. The number of carbonyl (C=O) groups excluding carboxylic acids is 1. The van der Waals surface area contributed by atoms with Gasteiger partial charge in [-0.15, -0.1) is 0 Å². The normalized spacial score (nSPS) is 17.1. The number of halogens is 1. The minimum atomic E-state index is -0.320. The highest BCUT2D eigenvalue weighted by atomic mass is 32.2. The number of anilines is 2. The SMILES string of the molecule is CCCCn1c(N2CCN(c3ccccc3F)CC2)c(C=C2SC(=S)N(CC(C)C)C2=O)c(C)c(C#N)c1=O. The third-order valence-corrected chi connectivity index (χ3v) is 8.43. The van der Waals surface area contributed by atoms with Crippen LogP contribution in [0.1, 0.15) is 50.3 Å². The number of thiocarbonyl (C=S) groups is 1. The molecule has 0 aliphatic carbocycles. The number of rotatable bonds is 8. The summed E-state index contributed by atoms with van der Waals surface area (Å²) in [4.78, 5) is 33.1. The minimum Gasteiger partial charge on any atom is -0.366 e. The van der Waals surface area contributed by atoms with E-state index < -0.39 is 0 Å². The van der Waals surface area contributed by atoms with Gasteiger partial charge in [-0.2, -0.15) is 5.26 Å². The van der Waals surface area contributed by atoms with Crippen LogP contribution in [0, 0.1) is 30.0 Å². The highest BCUT2D eigenvalue weighted by molar-refractivity contribution is 8.26. The number of carbonyl (C=O) groups is 1. The Morgan fingerprint density at radius 1 is 1.15 bits per heavy atom. The molecule has 2 aliphatic rings. The molecule has 39 heavy (non-hydrogen) atoms. The highest BCUT2D eigenvalue weighted by Crippen LogP contribution is 2.36. The van der Waals surface area contributed by atoms with Crippen LogP contribution in [0.3, 0.4) is 0 Å². The molecule has 0 radical (unpaired) electrons. The number of aromatic nitrogens is 1. The molecule has 2 saturated heterocycles. The van der Waals surface area contributed by atoms with Crippen molar-refractivity contribution in [3.8, 4) is 6.07 Å². The summed E-state index contributed by atoms with van der Waals surface area (Å²) in [6.45, 7) is 11.1. The molecule has 3 heterocycles. The fourth-order valence-electron chi connectivity index (χ4n) is 5.03. The fraction of sp³-hybridized carbons (Fsp3) is 0.448. The quantitative estimate of drug-likeness (QED) is 0.323. The van der Waals surface area contributed by atoms with Gasteiger partial charge in [-0.25, -0.2) is 4.39 Å². The van der Waals surface area contributed by atoms with E-state index in [1.54, 1.807) is 34.6 Å². The average molecular weight is 568 g/mol. The van der Waals surface area contributed by atoms with Crippen molar-refractivity contribution in [1.29, 1.82) is 5.26 Å². The largest absolute Gasteiger partial charge is 0.366 e. The van der Waals surface area contributed by atoms with Gasteiger partial charge >= 0.3 is 0 Å². The summed E-state index contributed by atoms with van der Waals surface area (Å²) in [5, 5.41) is 9.92. The van der Waals surface area contributed by atoms with Gasteiger partial charge in [-0.3, -0.25) is 19.1 Å². The number of hydrogen-bond acceptors (Lipinski definition) is 7. The van der Waals surface area contributed by atoms with Gasteiger partial charge in [0.05, 0.1) is 10.6 Å². The molecule has 0 unspecified atom stereocenters. The Morgan fingerprint density at radius 3 is 2.44 bits per heavy atom. The molecule has 206 valence electrons. The van der Waals surface area contributed by atoms with Gasteiger partial charge in [0.15, 0.2) is 0 Å². The number of nitrogens with zero attached hydrogens (tertiary/aromatic N) is 5. The number of hydrogen-bond donors (Lipinski definition) is 0. The van der Waals surface area contributed by atoms with Crippen molar-refractivity contribution in [1.82, 2.24) is 9.47 Å². The number of pyridine rings is 1. The first-order valence-corrected chi connectivity index (χ1v) is 14.6. The molecule has 2 aliphatic heterocycles. The molecule has 7 nitrogen and oxygen atoms in total. The van der Waals surface area contributed by atoms with Crippen LogP contribution < -0.4 is 15.4 Å². The lowest BCUT2D eigenvalue weighted by atomic mass is 10.0. The molecule has 4 rings (SSSR count). The second kappa shape index (κ2) is 12.3. The van der Waals surface area contributed by atoms with E-state index in [4.69, 9.17) is 12.2 Å². The molecule has 0 N–H and O–H groups in total. The predicted octanol–water partition coefficient (Wildman–Crippen LogP) is 5.15.